The molecule has 1 aromatic carbocycles. The van der Waals surface area contributed by atoms with Crippen LogP contribution in [-0.4, -0.2) is 31.1 Å². The fourth-order valence-electron chi connectivity index (χ4n) is 2.33. The molecule has 98 valence electrons. The summed E-state index contributed by atoms with van der Waals surface area (Å²) >= 11 is 3.41. The number of primary amides is 1. The van der Waals surface area contributed by atoms with E-state index in [1.54, 1.807) is 6.07 Å². The lowest BCUT2D eigenvalue weighted by atomic mass is 9.99. The molecule has 18 heavy (non-hydrogen) atoms. The van der Waals surface area contributed by atoms with E-state index in [-0.39, 0.29) is 5.54 Å². The molecule has 0 unspecified atom stereocenters. The molecule has 0 aliphatic carbocycles. The second-order valence-corrected chi connectivity index (χ2v) is 6.02. The van der Waals surface area contributed by atoms with Crippen LogP contribution in [0.3, 0.4) is 0 Å². The van der Waals surface area contributed by atoms with Crippen molar-refractivity contribution in [1.82, 2.24) is 5.32 Å². The highest BCUT2D eigenvalue weighted by atomic mass is 79.9. The zero-order valence-electron chi connectivity index (χ0n) is 10.7. The smallest absolute Gasteiger partial charge is 0.249 e. The Kier molecular flexibility index (Phi) is 3.64. The predicted molar refractivity (Wildman–Crippen MR) is 77.0 cm³/mol. The fraction of sp³-hybridized carbons (Fsp3) is 0.462. The van der Waals surface area contributed by atoms with Crippen molar-refractivity contribution >= 4 is 27.5 Å². The van der Waals surface area contributed by atoms with Crippen molar-refractivity contribution in [3.8, 4) is 0 Å². The Hall–Kier alpha value is -1.07. The second kappa shape index (κ2) is 4.90. The van der Waals surface area contributed by atoms with Gasteiger partial charge < -0.3 is 16.0 Å². The molecule has 5 heteroatoms. The van der Waals surface area contributed by atoms with Crippen LogP contribution in [0.1, 0.15) is 24.2 Å². The molecule has 0 aromatic heterocycles. The number of hydrogen-bond acceptors (Lipinski definition) is 3. The van der Waals surface area contributed by atoms with Crippen LogP contribution in [0.25, 0.3) is 0 Å². The van der Waals surface area contributed by atoms with Gasteiger partial charge >= 0.3 is 0 Å². The van der Waals surface area contributed by atoms with Gasteiger partial charge in [0.25, 0.3) is 0 Å². The Morgan fingerprint density at radius 2 is 2.22 bits per heavy atom. The van der Waals surface area contributed by atoms with Crippen molar-refractivity contribution in [2.24, 2.45) is 5.73 Å². The number of nitrogens with zero attached hydrogens (tertiary/aromatic N) is 1. The lowest BCUT2D eigenvalue weighted by Crippen LogP contribution is -2.58. The first-order chi connectivity index (χ1) is 8.42. The molecule has 1 aromatic rings. The van der Waals surface area contributed by atoms with Gasteiger partial charge in [-0.15, -0.1) is 0 Å². The Labute approximate surface area is 116 Å². The molecular formula is C13H18BrN3O. The van der Waals surface area contributed by atoms with E-state index in [1.165, 1.54) is 0 Å². The van der Waals surface area contributed by atoms with Gasteiger partial charge in [0.1, 0.15) is 0 Å². The van der Waals surface area contributed by atoms with E-state index in [9.17, 15) is 4.79 Å². The van der Waals surface area contributed by atoms with Crippen molar-refractivity contribution < 1.29 is 4.79 Å². The average Bonchev–Trinajstić information content (AvgIpc) is 2.27. The minimum Gasteiger partial charge on any atom is -0.366 e. The minimum absolute atomic E-state index is 0.0614. The Bertz CT molecular complexity index is 473. The number of nitrogens with two attached hydrogens (primary N) is 1. The van der Waals surface area contributed by atoms with Crippen LogP contribution in [0.15, 0.2) is 22.7 Å². The zero-order valence-corrected chi connectivity index (χ0v) is 12.3. The number of nitrogens with one attached hydrogen (secondary N) is 1. The number of anilines is 1. The van der Waals surface area contributed by atoms with Gasteiger partial charge in [0, 0.05) is 35.3 Å². The number of piperazine rings is 1. The van der Waals surface area contributed by atoms with Crippen LogP contribution in [0.5, 0.6) is 0 Å². The molecule has 1 saturated heterocycles. The van der Waals surface area contributed by atoms with Crippen LogP contribution in [0, 0.1) is 0 Å². The predicted octanol–water partition coefficient (Wildman–Crippen LogP) is 1.74. The van der Waals surface area contributed by atoms with E-state index >= 15 is 0 Å². The number of amides is 1. The van der Waals surface area contributed by atoms with Crippen molar-refractivity contribution in [2.75, 3.05) is 24.5 Å². The highest BCUT2D eigenvalue weighted by Crippen LogP contribution is 2.29. The van der Waals surface area contributed by atoms with E-state index in [1.807, 2.05) is 12.1 Å². The van der Waals surface area contributed by atoms with Gasteiger partial charge in [0.15, 0.2) is 0 Å². The normalized spacial score (nSPS) is 18.7. The number of carbonyl (C=O) groups is 1. The molecule has 1 fully saturated rings. The molecule has 0 atom stereocenters. The summed E-state index contributed by atoms with van der Waals surface area (Å²) in [5.41, 5.74) is 6.99. The number of hydrogen-bond donors (Lipinski definition) is 2. The summed E-state index contributed by atoms with van der Waals surface area (Å²) in [5.74, 6) is -0.409. The van der Waals surface area contributed by atoms with Crippen molar-refractivity contribution in [2.45, 2.75) is 19.4 Å². The third-order valence-electron chi connectivity index (χ3n) is 3.33. The Morgan fingerprint density at radius 3 is 2.78 bits per heavy atom. The fourth-order valence-corrected chi connectivity index (χ4v) is 2.90. The Morgan fingerprint density at radius 1 is 1.50 bits per heavy atom. The molecule has 0 radical (unpaired) electrons. The summed E-state index contributed by atoms with van der Waals surface area (Å²) in [6.45, 7) is 7.28. The zero-order chi connectivity index (χ0) is 13.3. The van der Waals surface area contributed by atoms with E-state index < -0.39 is 5.91 Å². The molecule has 0 bridgehead atoms. The van der Waals surface area contributed by atoms with E-state index in [4.69, 9.17) is 5.73 Å². The van der Waals surface area contributed by atoms with Crippen LogP contribution < -0.4 is 16.0 Å². The maximum Gasteiger partial charge on any atom is 0.249 e. The lowest BCUT2D eigenvalue weighted by Gasteiger charge is -2.44. The number of benzene rings is 1. The molecule has 1 aliphatic rings. The quantitative estimate of drug-likeness (QED) is 0.874. The number of carbonyl (C=O) groups excluding carboxylic acids is 1. The monoisotopic (exact) mass is 311 g/mol. The molecule has 4 nitrogen and oxygen atoms in total. The van der Waals surface area contributed by atoms with Crippen molar-refractivity contribution in [3.05, 3.63) is 28.2 Å². The molecule has 0 saturated carbocycles. The van der Waals surface area contributed by atoms with Gasteiger partial charge in [-0.2, -0.15) is 0 Å². The molecule has 0 spiro atoms. The van der Waals surface area contributed by atoms with E-state index in [2.05, 4.69) is 40.0 Å². The van der Waals surface area contributed by atoms with Crippen molar-refractivity contribution in [3.63, 3.8) is 0 Å². The average molecular weight is 312 g/mol. The third-order valence-corrected chi connectivity index (χ3v) is 3.99. The van der Waals surface area contributed by atoms with Crippen LogP contribution >= 0.6 is 15.9 Å². The van der Waals surface area contributed by atoms with Gasteiger partial charge in [-0.25, -0.2) is 0 Å². The molecule has 1 amide bonds. The Balaban J connectivity index is 2.34. The first-order valence-corrected chi connectivity index (χ1v) is 6.79. The van der Waals surface area contributed by atoms with Gasteiger partial charge in [0.05, 0.1) is 5.56 Å². The minimum atomic E-state index is -0.409. The van der Waals surface area contributed by atoms with E-state index in [0.29, 0.717) is 5.56 Å². The number of halogens is 1. The highest BCUT2D eigenvalue weighted by Gasteiger charge is 2.29. The van der Waals surface area contributed by atoms with Crippen LogP contribution in [0.4, 0.5) is 5.69 Å². The molecular weight excluding hydrogens is 294 g/mol. The summed E-state index contributed by atoms with van der Waals surface area (Å²) in [6.07, 6.45) is 0. The maximum absolute atomic E-state index is 11.2. The van der Waals surface area contributed by atoms with Gasteiger partial charge in [-0.05, 0) is 48.0 Å². The molecule has 1 aliphatic heterocycles. The number of rotatable bonds is 2. The summed E-state index contributed by atoms with van der Waals surface area (Å²) in [4.78, 5) is 13.6. The van der Waals surface area contributed by atoms with Gasteiger partial charge in [-0.3, -0.25) is 4.79 Å². The third kappa shape index (κ3) is 2.52. The summed E-state index contributed by atoms with van der Waals surface area (Å²) in [6, 6.07) is 5.70. The van der Waals surface area contributed by atoms with Crippen LogP contribution in [0.2, 0.25) is 0 Å². The summed E-state index contributed by atoms with van der Waals surface area (Å²) in [7, 11) is 0. The highest BCUT2D eigenvalue weighted by molar-refractivity contribution is 9.10. The van der Waals surface area contributed by atoms with E-state index in [0.717, 1.165) is 29.8 Å². The maximum atomic E-state index is 11.2. The molecule has 2 rings (SSSR count). The standard InChI is InChI=1S/C13H18BrN3O/c1-13(2)8-16-5-6-17(13)9-3-4-10(12(15)18)11(14)7-9/h3-4,7,16H,5-6,8H2,1-2H3,(H2,15,18). The van der Waals surface area contributed by atoms with Gasteiger partial charge in [-0.1, -0.05) is 0 Å². The first-order valence-electron chi connectivity index (χ1n) is 5.99. The van der Waals surface area contributed by atoms with Crippen LogP contribution in [-0.2, 0) is 0 Å². The second-order valence-electron chi connectivity index (χ2n) is 5.17. The lowest BCUT2D eigenvalue weighted by molar-refractivity contribution is 0.0999. The molecule has 3 N–H and O–H groups in total. The SMILES string of the molecule is CC1(C)CNCCN1c1ccc(C(N)=O)c(Br)c1. The van der Waals surface area contributed by atoms with Gasteiger partial charge in [0.2, 0.25) is 5.91 Å². The topological polar surface area (TPSA) is 58.4 Å². The molecule has 1 heterocycles. The summed E-state index contributed by atoms with van der Waals surface area (Å²) < 4.78 is 0.752. The first kappa shape index (κ1) is 13.4. The largest absolute Gasteiger partial charge is 0.366 e. The summed E-state index contributed by atoms with van der Waals surface area (Å²) in [5, 5.41) is 3.39. The van der Waals surface area contributed by atoms with Crippen molar-refractivity contribution in [1.29, 1.82) is 0 Å².